The molecule has 0 aromatic heterocycles. The van der Waals surface area contributed by atoms with Crippen molar-refractivity contribution in [3.8, 4) is 0 Å². The van der Waals surface area contributed by atoms with E-state index in [-0.39, 0.29) is 6.61 Å². The minimum absolute atomic E-state index is 0.198. The van der Waals surface area contributed by atoms with Crippen LogP contribution in [0.25, 0.3) is 0 Å². The Balaban J connectivity index is 0. The van der Waals surface area contributed by atoms with Crippen molar-refractivity contribution in [1.29, 1.82) is 0 Å². The molecule has 0 atom stereocenters. The number of hydrogen-bond acceptors (Lipinski definition) is 3. The van der Waals surface area contributed by atoms with Crippen LogP contribution in [-0.4, -0.2) is 38.5 Å². The molecule has 3 heteroatoms. The van der Waals surface area contributed by atoms with Crippen LogP contribution in [0.3, 0.4) is 0 Å². The first kappa shape index (κ1) is 12.5. The van der Waals surface area contributed by atoms with Gasteiger partial charge in [-0.05, 0) is 0 Å². The van der Waals surface area contributed by atoms with E-state index in [9.17, 15) is 0 Å². The standard InChI is InChI=1S/C5H13NO2.C2H6/c1-8-5-3-6-2-4-7;1-2/h6-7H,2-5H2,1H3;1-2H3. The van der Waals surface area contributed by atoms with Crippen LogP contribution < -0.4 is 5.32 Å². The van der Waals surface area contributed by atoms with Crippen molar-refractivity contribution in [2.75, 3.05) is 33.4 Å². The highest BCUT2D eigenvalue weighted by Gasteiger charge is 1.81. The summed E-state index contributed by atoms with van der Waals surface area (Å²) in [6.45, 7) is 6.38. The minimum Gasteiger partial charge on any atom is -0.395 e. The normalized spacial score (nSPS) is 8.40. The average molecular weight is 149 g/mol. The molecule has 0 amide bonds. The number of rotatable bonds is 5. The van der Waals surface area contributed by atoms with Gasteiger partial charge in [0.05, 0.1) is 13.2 Å². The monoisotopic (exact) mass is 149 g/mol. The van der Waals surface area contributed by atoms with E-state index in [4.69, 9.17) is 9.84 Å². The minimum atomic E-state index is 0.198. The average Bonchev–Trinajstić information content (AvgIpc) is 2.02. The molecule has 0 heterocycles. The van der Waals surface area contributed by atoms with Crippen molar-refractivity contribution in [2.24, 2.45) is 0 Å². The first-order valence-corrected chi connectivity index (χ1v) is 3.72. The molecule has 0 saturated heterocycles. The Morgan fingerprint density at radius 2 is 1.90 bits per heavy atom. The van der Waals surface area contributed by atoms with E-state index in [0.717, 1.165) is 6.54 Å². The van der Waals surface area contributed by atoms with Gasteiger partial charge in [-0.2, -0.15) is 0 Å². The highest BCUT2D eigenvalue weighted by Crippen LogP contribution is 1.62. The van der Waals surface area contributed by atoms with Crippen LogP contribution in [0.2, 0.25) is 0 Å². The van der Waals surface area contributed by atoms with E-state index < -0.39 is 0 Å². The second kappa shape index (κ2) is 15.9. The largest absolute Gasteiger partial charge is 0.395 e. The second-order valence-corrected chi connectivity index (χ2v) is 1.47. The van der Waals surface area contributed by atoms with E-state index in [1.54, 1.807) is 7.11 Å². The Labute approximate surface area is 63.4 Å². The number of hydrogen-bond donors (Lipinski definition) is 2. The summed E-state index contributed by atoms with van der Waals surface area (Å²) in [6, 6.07) is 0. The summed E-state index contributed by atoms with van der Waals surface area (Å²) in [6.07, 6.45) is 0. The quantitative estimate of drug-likeness (QED) is 0.550. The molecule has 2 N–H and O–H groups in total. The lowest BCUT2D eigenvalue weighted by atomic mass is 10.6. The fraction of sp³-hybridized carbons (Fsp3) is 1.00. The van der Waals surface area contributed by atoms with Gasteiger partial charge in [0.1, 0.15) is 0 Å². The smallest absolute Gasteiger partial charge is 0.0587 e. The third kappa shape index (κ3) is 15.7. The zero-order chi connectivity index (χ0) is 8.24. The highest BCUT2D eigenvalue weighted by atomic mass is 16.5. The Morgan fingerprint density at radius 3 is 2.30 bits per heavy atom. The Morgan fingerprint density at radius 1 is 1.30 bits per heavy atom. The molecule has 0 aromatic rings. The summed E-state index contributed by atoms with van der Waals surface area (Å²) < 4.78 is 4.74. The summed E-state index contributed by atoms with van der Waals surface area (Å²) in [7, 11) is 1.65. The van der Waals surface area contributed by atoms with Crippen LogP contribution >= 0.6 is 0 Å². The number of methoxy groups -OCH3 is 1. The topological polar surface area (TPSA) is 41.5 Å². The predicted molar refractivity (Wildman–Crippen MR) is 43.2 cm³/mol. The van der Waals surface area contributed by atoms with Gasteiger partial charge < -0.3 is 15.2 Å². The molecule has 0 bridgehead atoms. The fourth-order valence-corrected chi connectivity index (χ4v) is 0.378. The van der Waals surface area contributed by atoms with Gasteiger partial charge in [0, 0.05) is 20.2 Å². The van der Waals surface area contributed by atoms with Crippen LogP contribution in [0.15, 0.2) is 0 Å². The Kier molecular flexibility index (Phi) is 20.0. The molecule has 64 valence electrons. The van der Waals surface area contributed by atoms with E-state index in [0.29, 0.717) is 13.2 Å². The lowest BCUT2D eigenvalue weighted by Gasteiger charge is -1.98. The van der Waals surface area contributed by atoms with Crippen LogP contribution in [0.5, 0.6) is 0 Å². The number of aliphatic hydroxyl groups excluding tert-OH is 1. The van der Waals surface area contributed by atoms with Crippen molar-refractivity contribution in [2.45, 2.75) is 13.8 Å². The van der Waals surface area contributed by atoms with Crippen molar-refractivity contribution < 1.29 is 9.84 Å². The van der Waals surface area contributed by atoms with Gasteiger partial charge in [0.25, 0.3) is 0 Å². The van der Waals surface area contributed by atoms with Gasteiger partial charge in [-0.15, -0.1) is 0 Å². The summed E-state index contributed by atoms with van der Waals surface area (Å²) in [5, 5.41) is 11.2. The Bertz CT molecular complexity index is 36.6. The van der Waals surface area contributed by atoms with Crippen LogP contribution in [0.4, 0.5) is 0 Å². The highest BCUT2D eigenvalue weighted by molar-refractivity contribution is 4.41. The molecule has 0 saturated carbocycles. The SMILES string of the molecule is CC.COCCNCCO. The van der Waals surface area contributed by atoms with Gasteiger partial charge in [-0.3, -0.25) is 0 Å². The molecule has 3 nitrogen and oxygen atoms in total. The molecule has 0 rings (SSSR count). The van der Waals surface area contributed by atoms with Gasteiger partial charge >= 0.3 is 0 Å². The van der Waals surface area contributed by atoms with Gasteiger partial charge in [-0.25, -0.2) is 0 Å². The zero-order valence-corrected chi connectivity index (χ0v) is 7.18. The van der Waals surface area contributed by atoms with E-state index in [1.807, 2.05) is 13.8 Å². The molecular formula is C7H19NO2. The van der Waals surface area contributed by atoms with Gasteiger partial charge in [0.2, 0.25) is 0 Å². The maximum Gasteiger partial charge on any atom is 0.0587 e. The molecule has 0 unspecified atom stereocenters. The molecule has 0 radical (unpaired) electrons. The summed E-state index contributed by atoms with van der Waals surface area (Å²) in [5.74, 6) is 0. The maximum absolute atomic E-state index is 8.26. The molecule has 0 aromatic carbocycles. The predicted octanol–water partition coefficient (Wildman–Crippen LogP) is 0.241. The van der Waals surface area contributed by atoms with Crippen molar-refractivity contribution in [3.63, 3.8) is 0 Å². The third-order valence-electron chi connectivity index (χ3n) is 0.772. The van der Waals surface area contributed by atoms with Gasteiger partial charge in [-0.1, -0.05) is 13.8 Å². The van der Waals surface area contributed by atoms with Gasteiger partial charge in [0.15, 0.2) is 0 Å². The molecule has 0 spiro atoms. The van der Waals surface area contributed by atoms with Crippen LogP contribution in [0.1, 0.15) is 13.8 Å². The van der Waals surface area contributed by atoms with Crippen LogP contribution in [-0.2, 0) is 4.74 Å². The molecular weight excluding hydrogens is 130 g/mol. The summed E-state index contributed by atoms with van der Waals surface area (Å²) in [4.78, 5) is 0. The summed E-state index contributed by atoms with van der Waals surface area (Å²) in [5.41, 5.74) is 0. The lowest BCUT2D eigenvalue weighted by Crippen LogP contribution is -2.22. The number of ether oxygens (including phenoxy) is 1. The lowest BCUT2D eigenvalue weighted by molar-refractivity contribution is 0.195. The van der Waals surface area contributed by atoms with Crippen molar-refractivity contribution >= 4 is 0 Å². The second-order valence-electron chi connectivity index (χ2n) is 1.47. The fourth-order valence-electron chi connectivity index (χ4n) is 0.378. The number of aliphatic hydroxyl groups is 1. The van der Waals surface area contributed by atoms with Crippen molar-refractivity contribution in [1.82, 2.24) is 5.32 Å². The summed E-state index contributed by atoms with van der Waals surface area (Å²) >= 11 is 0. The maximum atomic E-state index is 8.26. The molecule has 0 aliphatic rings. The van der Waals surface area contributed by atoms with E-state index >= 15 is 0 Å². The zero-order valence-electron chi connectivity index (χ0n) is 7.18. The van der Waals surface area contributed by atoms with Crippen molar-refractivity contribution in [3.05, 3.63) is 0 Å². The van der Waals surface area contributed by atoms with Crippen LogP contribution in [0, 0.1) is 0 Å². The number of nitrogens with one attached hydrogen (secondary N) is 1. The third-order valence-corrected chi connectivity index (χ3v) is 0.772. The first-order chi connectivity index (χ1) is 4.91. The Hall–Kier alpha value is -0.120. The van der Waals surface area contributed by atoms with E-state index in [1.165, 1.54) is 0 Å². The molecule has 0 fully saturated rings. The molecule has 0 aliphatic heterocycles. The van der Waals surface area contributed by atoms with E-state index in [2.05, 4.69) is 5.32 Å². The molecule has 10 heavy (non-hydrogen) atoms. The molecule has 0 aliphatic carbocycles. The first-order valence-electron chi connectivity index (χ1n) is 3.72.